The van der Waals surface area contributed by atoms with Crippen LogP contribution in [0, 0.1) is 17.1 Å². The molecule has 1 aromatic rings. The third-order valence-corrected chi connectivity index (χ3v) is 2.88. The lowest BCUT2D eigenvalue weighted by atomic mass is 10.0. The smallest absolute Gasteiger partial charge is 0.123 e. The van der Waals surface area contributed by atoms with E-state index >= 15 is 0 Å². The molecule has 0 aromatic heterocycles. The van der Waals surface area contributed by atoms with Crippen molar-refractivity contribution in [1.29, 1.82) is 5.26 Å². The van der Waals surface area contributed by atoms with Crippen molar-refractivity contribution in [2.75, 3.05) is 13.6 Å². The van der Waals surface area contributed by atoms with E-state index < -0.39 is 5.54 Å². The van der Waals surface area contributed by atoms with Crippen molar-refractivity contribution in [3.05, 3.63) is 35.6 Å². The summed E-state index contributed by atoms with van der Waals surface area (Å²) in [6.45, 7) is 4.56. The molecule has 0 aliphatic carbocycles. The van der Waals surface area contributed by atoms with Crippen molar-refractivity contribution in [2.24, 2.45) is 0 Å². The van der Waals surface area contributed by atoms with Crippen LogP contribution in [-0.2, 0) is 6.42 Å². The van der Waals surface area contributed by atoms with Gasteiger partial charge in [0.1, 0.15) is 11.4 Å². The van der Waals surface area contributed by atoms with Gasteiger partial charge in [-0.25, -0.2) is 4.39 Å². The molecule has 0 bridgehead atoms. The van der Waals surface area contributed by atoms with Gasteiger partial charge in [-0.1, -0.05) is 12.1 Å². The Kier molecular flexibility index (Phi) is 4.03. The number of nitriles is 1. The van der Waals surface area contributed by atoms with Crippen molar-refractivity contribution in [3.63, 3.8) is 0 Å². The maximum atomic E-state index is 12.7. The Hall–Kier alpha value is -1.40. The van der Waals surface area contributed by atoms with Crippen molar-refractivity contribution in [2.45, 2.75) is 25.8 Å². The molecule has 0 N–H and O–H groups in total. The van der Waals surface area contributed by atoms with Crippen molar-refractivity contribution in [1.82, 2.24) is 4.90 Å². The molecule has 2 nitrogen and oxygen atoms in total. The second-order valence-electron chi connectivity index (χ2n) is 4.47. The van der Waals surface area contributed by atoms with Crippen LogP contribution < -0.4 is 0 Å². The summed E-state index contributed by atoms with van der Waals surface area (Å²) in [5, 5.41) is 8.96. The van der Waals surface area contributed by atoms with Crippen LogP contribution in [0.2, 0.25) is 0 Å². The van der Waals surface area contributed by atoms with E-state index in [4.69, 9.17) is 5.26 Å². The van der Waals surface area contributed by atoms with Crippen LogP contribution in [0.5, 0.6) is 0 Å². The summed E-state index contributed by atoms with van der Waals surface area (Å²) >= 11 is 0. The summed E-state index contributed by atoms with van der Waals surface area (Å²) < 4.78 is 12.7. The van der Waals surface area contributed by atoms with Gasteiger partial charge in [-0.2, -0.15) is 5.26 Å². The van der Waals surface area contributed by atoms with Gasteiger partial charge in [0, 0.05) is 6.54 Å². The molecule has 1 aromatic carbocycles. The third kappa shape index (κ3) is 3.32. The summed E-state index contributed by atoms with van der Waals surface area (Å²) in [6, 6.07) is 8.74. The number of likely N-dealkylation sites (N-methyl/N-ethyl adjacent to an activating group) is 1. The quantitative estimate of drug-likeness (QED) is 0.780. The fourth-order valence-electron chi connectivity index (χ4n) is 1.31. The first-order valence-corrected chi connectivity index (χ1v) is 5.32. The molecule has 1 rings (SSSR count). The van der Waals surface area contributed by atoms with Crippen molar-refractivity contribution < 1.29 is 4.39 Å². The average molecular weight is 220 g/mol. The molecular weight excluding hydrogens is 203 g/mol. The summed E-state index contributed by atoms with van der Waals surface area (Å²) in [7, 11) is 1.92. The number of nitrogens with zero attached hydrogens (tertiary/aromatic N) is 2. The summed E-state index contributed by atoms with van der Waals surface area (Å²) in [4.78, 5) is 2.00. The number of benzene rings is 1. The normalized spacial score (nSPS) is 11.5. The number of hydrogen-bond acceptors (Lipinski definition) is 2. The maximum absolute atomic E-state index is 12.7. The molecule has 0 aliphatic rings. The standard InChI is InChI=1S/C13H17FN2/c1-13(2,10-15)16(3)9-8-11-4-6-12(14)7-5-11/h4-7H,8-9H2,1-3H3. The molecule has 0 amide bonds. The Bertz CT molecular complexity index is 376. The van der Waals surface area contributed by atoms with Gasteiger partial charge >= 0.3 is 0 Å². The Labute approximate surface area is 96.3 Å². The minimum absolute atomic E-state index is 0.213. The second-order valence-corrected chi connectivity index (χ2v) is 4.47. The van der Waals surface area contributed by atoms with Crippen LogP contribution in [-0.4, -0.2) is 24.0 Å². The van der Waals surface area contributed by atoms with Gasteiger partial charge in [0.05, 0.1) is 6.07 Å². The zero-order chi connectivity index (χ0) is 12.2. The minimum Gasteiger partial charge on any atom is -0.289 e. The molecule has 0 heterocycles. The van der Waals surface area contributed by atoms with Gasteiger partial charge in [0.25, 0.3) is 0 Å². The van der Waals surface area contributed by atoms with Crippen LogP contribution >= 0.6 is 0 Å². The highest BCUT2D eigenvalue weighted by Crippen LogP contribution is 2.12. The lowest BCUT2D eigenvalue weighted by Crippen LogP contribution is -2.40. The van der Waals surface area contributed by atoms with Gasteiger partial charge in [0.2, 0.25) is 0 Å². The molecule has 3 heteroatoms. The molecule has 0 radical (unpaired) electrons. The van der Waals surface area contributed by atoms with E-state index in [2.05, 4.69) is 6.07 Å². The Morgan fingerprint density at radius 2 is 1.88 bits per heavy atom. The van der Waals surface area contributed by atoms with Crippen LogP contribution in [0.15, 0.2) is 24.3 Å². The van der Waals surface area contributed by atoms with Gasteiger partial charge in [-0.15, -0.1) is 0 Å². The van der Waals surface area contributed by atoms with Crippen molar-refractivity contribution in [3.8, 4) is 6.07 Å². The molecule has 0 saturated heterocycles. The van der Waals surface area contributed by atoms with Crippen LogP contribution in [0.1, 0.15) is 19.4 Å². The maximum Gasteiger partial charge on any atom is 0.123 e. The highest BCUT2D eigenvalue weighted by molar-refractivity contribution is 5.16. The highest BCUT2D eigenvalue weighted by atomic mass is 19.1. The largest absolute Gasteiger partial charge is 0.289 e. The predicted octanol–water partition coefficient (Wildman–Crippen LogP) is 2.60. The lowest BCUT2D eigenvalue weighted by Gasteiger charge is -2.28. The van der Waals surface area contributed by atoms with Crippen LogP contribution in [0.3, 0.4) is 0 Å². The molecule has 0 aliphatic heterocycles. The van der Waals surface area contributed by atoms with E-state index in [-0.39, 0.29) is 5.82 Å². The number of rotatable bonds is 4. The molecule has 86 valence electrons. The number of halogens is 1. The fourth-order valence-corrected chi connectivity index (χ4v) is 1.31. The Morgan fingerprint density at radius 3 is 2.38 bits per heavy atom. The van der Waals surface area contributed by atoms with Gasteiger partial charge < -0.3 is 0 Å². The summed E-state index contributed by atoms with van der Waals surface area (Å²) in [5.74, 6) is -0.213. The second kappa shape index (κ2) is 5.09. The van der Waals surface area contributed by atoms with Crippen LogP contribution in [0.25, 0.3) is 0 Å². The Balaban J connectivity index is 2.53. The zero-order valence-corrected chi connectivity index (χ0v) is 10.00. The molecule has 0 saturated carbocycles. The first-order chi connectivity index (χ1) is 7.45. The SMILES string of the molecule is CN(CCc1ccc(F)cc1)C(C)(C)C#N. The van der Waals surface area contributed by atoms with Crippen LogP contribution in [0.4, 0.5) is 4.39 Å². The monoisotopic (exact) mass is 220 g/mol. The molecule has 16 heavy (non-hydrogen) atoms. The third-order valence-electron chi connectivity index (χ3n) is 2.88. The average Bonchev–Trinajstić information content (AvgIpc) is 2.28. The number of hydrogen-bond donors (Lipinski definition) is 0. The van der Waals surface area contributed by atoms with E-state index in [9.17, 15) is 4.39 Å². The molecule has 0 atom stereocenters. The first kappa shape index (κ1) is 12.7. The lowest BCUT2D eigenvalue weighted by molar-refractivity contribution is 0.214. The van der Waals surface area contributed by atoms with Gasteiger partial charge in [-0.05, 0) is 45.0 Å². The first-order valence-electron chi connectivity index (χ1n) is 5.32. The van der Waals surface area contributed by atoms with E-state index in [1.54, 1.807) is 12.1 Å². The Morgan fingerprint density at radius 1 is 1.31 bits per heavy atom. The molecule has 0 spiro atoms. The molecule has 0 fully saturated rings. The topological polar surface area (TPSA) is 27.0 Å². The van der Waals surface area contributed by atoms with E-state index in [0.717, 1.165) is 18.5 Å². The van der Waals surface area contributed by atoms with E-state index in [0.29, 0.717) is 0 Å². The fraction of sp³-hybridized carbons (Fsp3) is 0.462. The zero-order valence-electron chi connectivity index (χ0n) is 10.00. The minimum atomic E-state index is -0.458. The molecule has 0 unspecified atom stereocenters. The van der Waals surface area contributed by atoms with Gasteiger partial charge in [0.15, 0.2) is 0 Å². The summed E-state index contributed by atoms with van der Waals surface area (Å²) in [6.07, 6.45) is 0.821. The highest BCUT2D eigenvalue weighted by Gasteiger charge is 2.21. The van der Waals surface area contributed by atoms with E-state index in [1.807, 2.05) is 25.8 Å². The summed E-state index contributed by atoms with van der Waals surface area (Å²) in [5.41, 5.74) is 0.627. The van der Waals surface area contributed by atoms with Crippen molar-refractivity contribution >= 4 is 0 Å². The molecular formula is C13H17FN2. The predicted molar refractivity (Wildman–Crippen MR) is 62.4 cm³/mol. The van der Waals surface area contributed by atoms with E-state index in [1.165, 1.54) is 12.1 Å². The van der Waals surface area contributed by atoms with Gasteiger partial charge in [-0.3, -0.25) is 4.90 Å².